The average molecular weight is 278 g/mol. The second-order valence-corrected chi connectivity index (χ2v) is 4.79. The quantitative estimate of drug-likeness (QED) is 0.713. The predicted molar refractivity (Wildman–Crippen MR) is 83.7 cm³/mol. The molecule has 0 radical (unpaired) electrons. The summed E-state index contributed by atoms with van der Waals surface area (Å²) in [5, 5.41) is 10.2. The highest BCUT2D eigenvalue weighted by Crippen LogP contribution is 2.23. The maximum absolute atomic E-state index is 11.2. The zero-order valence-electron chi connectivity index (χ0n) is 11.5. The largest absolute Gasteiger partial charge is 0.478 e. The standard InChI is InChI=1S/C17H14N2O2/c1-11-14(12-6-2-5-9-16(12)19-11)10-18-15-8-4-3-7-13(15)17(20)21/h2-10,19H,1H3,(H,20,21). The van der Waals surface area contributed by atoms with Crippen LogP contribution in [0.5, 0.6) is 0 Å². The Morgan fingerprint density at radius 2 is 1.86 bits per heavy atom. The summed E-state index contributed by atoms with van der Waals surface area (Å²) in [4.78, 5) is 18.8. The fourth-order valence-electron chi connectivity index (χ4n) is 2.37. The van der Waals surface area contributed by atoms with Gasteiger partial charge in [-0.3, -0.25) is 4.99 Å². The highest BCUT2D eigenvalue weighted by Gasteiger charge is 2.09. The Morgan fingerprint density at radius 1 is 1.14 bits per heavy atom. The van der Waals surface area contributed by atoms with Crippen LogP contribution in [0.3, 0.4) is 0 Å². The number of nitrogens with one attached hydrogen (secondary N) is 1. The number of carboxylic acids is 1. The average Bonchev–Trinajstić information content (AvgIpc) is 2.81. The fraction of sp³-hybridized carbons (Fsp3) is 0.0588. The van der Waals surface area contributed by atoms with Crippen molar-refractivity contribution < 1.29 is 9.90 Å². The van der Waals surface area contributed by atoms with Crippen LogP contribution in [0.4, 0.5) is 5.69 Å². The van der Waals surface area contributed by atoms with Crippen LogP contribution in [0.2, 0.25) is 0 Å². The summed E-state index contributed by atoms with van der Waals surface area (Å²) in [5.74, 6) is -0.974. The molecule has 4 nitrogen and oxygen atoms in total. The van der Waals surface area contributed by atoms with Crippen LogP contribution < -0.4 is 0 Å². The molecule has 104 valence electrons. The smallest absolute Gasteiger partial charge is 0.337 e. The highest BCUT2D eigenvalue weighted by atomic mass is 16.4. The van der Waals surface area contributed by atoms with E-state index < -0.39 is 5.97 Å². The van der Waals surface area contributed by atoms with E-state index >= 15 is 0 Å². The number of benzene rings is 2. The van der Waals surface area contributed by atoms with E-state index in [-0.39, 0.29) is 5.56 Å². The van der Waals surface area contributed by atoms with Gasteiger partial charge in [-0.15, -0.1) is 0 Å². The molecule has 0 unspecified atom stereocenters. The SMILES string of the molecule is Cc1[nH]c2ccccc2c1C=Nc1ccccc1C(=O)O. The van der Waals surface area contributed by atoms with Crippen LogP contribution in [0.25, 0.3) is 10.9 Å². The third-order valence-electron chi connectivity index (χ3n) is 3.41. The van der Waals surface area contributed by atoms with Crippen molar-refractivity contribution in [2.45, 2.75) is 6.92 Å². The zero-order chi connectivity index (χ0) is 14.8. The van der Waals surface area contributed by atoms with E-state index in [2.05, 4.69) is 9.98 Å². The third kappa shape index (κ3) is 2.43. The molecular weight excluding hydrogens is 264 g/mol. The number of fused-ring (bicyclic) bond motifs is 1. The minimum Gasteiger partial charge on any atom is -0.478 e. The number of nitrogens with zero attached hydrogens (tertiary/aromatic N) is 1. The number of hydrogen-bond donors (Lipinski definition) is 2. The first kappa shape index (κ1) is 13.1. The van der Waals surface area contributed by atoms with Gasteiger partial charge in [-0.25, -0.2) is 4.79 Å². The number of carbonyl (C=O) groups is 1. The normalized spacial score (nSPS) is 11.3. The summed E-state index contributed by atoms with van der Waals surface area (Å²) in [6, 6.07) is 14.7. The predicted octanol–water partition coefficient (Wildman–Crippen LogP) is 3.93. The maximum Gasteiger partial charge on any atom is 0.337 e. The Hall–Kier alpha value is -2.88. The third-order valence-corrected chi connectivity index (χ3v) is 3.41. The summed E-state index contributed by atoms with van der Waals surface area (Å²) in [5.41, 5.74) is 3.68. The van der Waals surface area contributed by atoms with Crippen molar-refractivity contribution in [1.29, 1.82) is 0 Å². The van der Waals surface area contributed by atoms with Crippen molar-refractivity contribution in [2.75, 3.05) is 0 Å². The Bertz CT molecular complexity index is 847. The summed E-state index contributed by atoms with van der Waals surface area (Å²) in [6.45, 7) is 1.98. The van der Waals surface area contributed by atoms with Crippen molar-refractivity contribution in [3.05, 3.63) is 65.4 Å². The lowest BCUT2D eigenvalue weighted by molar-refractivity contribution is 0.0698. The van der Waals surface area contributed by atoms with E-state index in [9.17, 15) is 4.79 Å². The second kappa shape index (κ2) is 5.25. The first-order chi connectivity index (χ1) is 10.2. The van der Waals surface area contributed by atoms with E-state index in [0.29, 0.717) is 5.69 Å². The lowest BCUT2D eigenvalue weighted by atomic mass is 10.1. The molecule has 3 aromatic rings. The lowest BCUT2D eigenvalue weighted by Crippen LogP contribution is -1.96. The number of aromatic amines is 1. The number of carboxylic acid groups (broad SMARTS) is 1. The van der Waals surface area contributed by atoms with Gasteiger partial charge in [-0.1, -0.05) is 30.3 Å². The molecule has 2 aromatic carbocycles. The molecule has 21 heavy (non-hydrogen) atoms. The number of hydrogen-bond acceptors (Lipinski definition) is 2. The van der Waals surface area contributed by atoms with Crippen molar-refractivity contribution in [3.8, 4) is 0 Å². The van der Waals surface area contributed by atoms with E-state index in [0.717, 1.165) is 22.2 Å². The van der Waals surface area contributed by atoms with Gasteiger partial charge in [0, 0.05) is 28.4 Å². The summed E-state index contributed by atoms with van der Waals surface area (Å²) in [7, 11) is 0. The van der Waals surface area contributed by atoms with Crippen LogP contribution in [-0.4, -0.2) is 22.3 Å². The van der Waals surface area contributed by atoms with Crippen molar-refractivity contribution >= 4 is 28.8 Å². The Balaban J connectivity index is 2.07. The number of para-hydroxylation sites is 2. The number of aromatic carboxylic acids is 1. The van der Waals surface area contributed by atoms with Gasteiger partial charge in [-0.2, -0.15) is 0 Å². The molecule has 0 amide bonds. The number of rotatable bonds is 3. The Morgan fingerprint density at radius 3 is 2.67 bits per heavy atom. The molecule has 0 aliphatic rings. The maximum atomic E-state index is 11.2. The molecule has 1 aromatic heterocycles. The first-order valence-corrected chi connectivity index (χ1v) is 6.60. The minimum absolute atomic E-state index is 0.200. The van der Waals surface area contributed by atoms with E-state index in [1.807, 2.05) is 31.2 Å². The zero-order valence-corrected chi connectivity index (χ0v) is 11.5. The van der Waals surface area contributed by atoms with Crippen molar-refractivity contribution in [2.24, 2.45) is 4.99 Å². The van der Waals surface area contributed by atoms with Crippen LogP contribution in [0.15, 0.2) is 53.5 Å². The highest BCUT2D eigenvalue weighted by molar-refractivity contribution is 6.02. The van der Waals surface area contributed by atoms with Gasteiger partial charge in [0.05, 0.1) is 11.3 Å². The molecular formula is C17H14N2O2. The van der Waals surface area contributed by atoms with Gasteiger partial charge in [0.25, 0.3) is 0 Å². The number of aliphatic imine (C=N–C) groups is 1. The number of aromatic nitrogens is 1. The van der Waals surface area contributed by atoms with E-state index in [4.69, 9.17) is 5.11 Å². The molecule has 0 saturated carbocycles. The van der Waals surface area contributed by atoms with Gasteiger partial charge < -0.3 is 10.1 Å². The Labute approximate surface area is 121 Å². The second-order valence-electron chi connectivity index (χ2n) is 4.79. The summed E-state index contributed by atoms with van der Waals surface area (Å²) >= 11 is 0. The number of aryl methyl sites for hydroxylation is 1. The molecule has 0 aliphatic carbocycles. The molecule has 0 atom stereocenters. The van der Waals surface area contributed by atoms with E-state index in [1.165, 1.54) is 0 Å². The molecule has 4 heteroatoms. The van der Waals surface area contributed by atoms with Gasteiger partial charge in [0.1, 0.15) is 0 Å². The molecule has 0 saturated heterocycles. The van der Waals surface area contributed by atoms with Crippen LogP contribution >= 0.6 is 0 Å². The molecule has 0 aliphatic heterocycles. The van der Waals surface area contributed by atoms with Gasteiger partial charge in [-0.05, 0) is 25.1 Å². The molecule has 0 spiro atoms. The Kier molecular flexibility index (Phi) is 3.28. The molecule has 1 heterocycles. The number of H-pyrrole nitrogens is 1. The van der Waals surface area contributed by atoms with Crippen LogP contribution in [0.1, 0.15) is 21.6 Å². The van der Waals surface area contributed by atoms with Crippen molar-refractivity contribution in [3.63, 3.8) is 0 Å². The molecule has 3 rings (SSSR count). The topological polar surface area (TPSA) is 65.5 Å². The first-order valence-electron chi connectivity index (χ1n) is 6.60. The monoisotopic (exact) mass is 278 g/mol. The van der Waals surface area contributed by atoms with Crippen LogP contribution in [-0.2, 0) is 0 Å². The molecule has 0 bridgehead atoms. The van der Waals surface area contributed by atoms with Crippen molar-refractivity contribution in [1.82, 2.24) is 4.98 Å². The molecule has 2 N–H and O–H groups in total. The van der Waals surface area contributed by atoms with Gasteiger partial charge in [0.2, 0.25) is 0 Å². The van der Waals surface area contributed by atoms with E-state index in [1.54, 1.807) is 30.5 Å². The van der Waals surface area contributed by atoms with Gasteiger partial charge in [0.15, 0.2) is 0 Å². The molecule has 0 fully saturated rings. The summed E-state index contributed by atoms with van der Waals surface area (Å²) in [6.07, 6.45) is 1.72. The van der Waals surface area contributed by atoms with Gasteiger partial charge >= 0.3 is 5.97 Å². The minimum atomic E-state index is -0.974. The summed E-state index contributed by atoms with van der Waals surface area (Å²) < 4.78 is 0. The fourth-order valence-corrected chi connectivity index (χ4v) is 2.37. The van der Waals surface area contributed by atoms with Crippen LogP contribution in [0, 0.1) is 6.92 Å². The lowest BCUT2D eigenvalue weighted by Gasteiger charge is -1.99.